The third kappa shape index (κ3) is 5.31. The number of carbonyl (C=O) groups is 2. The van der Waals surface area contributed by atoms with E-state index in [0.29, 0.717) is 16.8 Å². The fourth-order valence-electron chi connectivity index (χ4n) is 4.78. The van der Waals surface area contributed by atoms with E-state index in [-0.39, 0.29) is 11.9 Å². The zero-order valence-electron chi connectivity index (χ0n) is 21.6. The van der Waals surface area contributed by atoms with Crippen LogP contribution in [0.3, 0.4) is 0 Å². The first-order chi connectivity index (χ1) is 18.1. The SMILES string of the molecule is C=C1[C@@H](OC(C)=O)[C@H](n2ncc3c(N4CC[Si](C)(C)CC4)nc(Cl)nc32)O[C@@H]1COC(=O)c1ccccc1. The number of halogens is 1. The van der Waals surface area contributed by atoms with Crippen LogP contribution in [-0.2, 0) is 19.0 Å². The Morgan fingerprint density at radius 3 is 2.58 bits per heavy atom. The molecule has 2 saturated heterocycles. The number of esters is 2. The third-order valence-corrected chi connectivity index (χ3v) is 10.4. The van der Waals surface area contributed by atoms with E-state index in [0.717, 1.165) is 36.4 Å². The van der Waals surface area contributed by atoms with Gasteiger partial charge in [-0.1, -0.05) is 37.9 Å². The quantitative estimate of drug-likeness (QED) is 0.191. The number of fused-ring (bicyclic) bond motifs is 1. The molecule has 0 spiro atoms. The second-order valence-electron chi connectivity index (χ2n) is 10.4. The van der Waals surface area contributed by atoms with Gasteiger partial charge in [-0.2, -0.15) is 15.1 Å². The minimum Gasteiger partial charge on any atom is -0.459 e. The first-order valence-corrected chi connectivity index (χ1v) is 16.3. The molecule has 0 N–H and O–H groups in total. The van der Waals surface area contributed by atoms with Gasteiger partial charge in [0.15, 0.2) is 18.0 Å². The van der Waals surface area contributed by atoms with Gasteiger partial charge >= 0.3 is 11.9 Å². The maximum atomic E-state index is 12.5. The zero-order chi connectivity index (χ0) is 27.0. The number of rotatable bonds is 6. The van der Waals surface area contributed by atoms with E-state index in [1.165, 1.54) is 11.6 Å². The lowest BCUT2D eigenvalue weighted by atomic mass is 10.1. The fraction of sp³-hybridized carbons (Fsp3) is 0.423. The van der Waals surface area contributed by atoms with Crippen LogP contribution in [0.15, 0.2) is 48.7 Å². The Balaban J connectivity index is 1.42. The highest BCUT2D eigenvalue weighted by atomic mass is 35.5. The van der Waals surface area contributed by atoms with E-state index in [2.05, 4.69) is 39.6 Å². The fourth-order valence-corrected chi connectivity index (χ4v) is 6.94. The highest BCUT2D eigenvalue weighted by Crippen LogP contribution is 2.38. The van der Waals surface area contributed by atoms with E-state index >= 15 is 0 Å². The van der Waals surface area contributed by atoms with Crippen LogP contribution in [0.5, 0.6) is 0 Å². The molecule has 12 heteroatoms. The molecule has 2 aliphatic heterocycles. The van der Waals surface area contributed by atoms with Crippen molar-refractivity contribution in [3.63, 3.8) is 0 Å². The molecule has 0 bridgehead atoms. The minimum absolute atomic E-state index is 0.0885. The summed E-state index contributed by atoms with van der Waals surface area (Å²) in [6.45, 7) is 11.9. The molecule has 1 aromatic carbocycles. The average molecular weight is 556 g/mol. The standard InChI is InChI=1S/C26H30ClN5O5Si/c1-16-20(15-35-25(34)18-8-6-5-7-9-18)37-24(21(16)36-17(2)33)32-23-19(14-28-32)22(29-26(27)30-23)31-10-12-38(3,4)13-11-31/h5-9,14,20-21,24H,1,10-13,15H2,2-4H3/t20-,21-,24-/m1/s1. The Labute approximate surface area is 226 Å². The van der Waals surface area contributed by atoms with E-state index in [1.54, 1.807) is 30.5 Å². The Hall–Kier alpha value is -3.28. The van der Waals surface area contributed by atoms with Gasteiger partial charge in [-0.05, 0) is 41.4 Å². The van der Waals surface area contributed by atoms with Crippen molar-refractivity contribution in [3.05, 3.63) is 59.5 Å². The molecule has 2 aliphatic rings. The van der Waals surface area contributed by atoms with Crippen LogP contribution in [0.1, 0.15) is 23.5 Å². The number of hydrogen-bond donors (Lipinski definition) is 0. The highest BCUT2D eigenvalue weighted by Gasteiger charge is 2.44. The van der Waals surface area contributed by atoms with Gasteiger partial charge in [-0.25, -0.2) is 9.48 Å². The van der Waals surface area contributed by atoms with Gasteiger partial charge in [0.25, 0.3) is 0 Å². The second-order valence-corrected chi connectivity index (χ2v) is 16.0. The van der Waals surface area contributed by atoms with Gasteiger partial charge in [-0.15, -0.1) is 0 Å². The summed E-state index contributed by atoms with van der Waals surface area (Å²) >= 11 is 6.37. The highest BCUT2D eigenvalue weighted by molar-refractivity contribution is 6.77. The molecular formula is C26H30ClN5O5Si. The number of benzene rings is 1. The van der Waals surface area contributed by atoms with Crippen LogP contribution in [0.4, 0.5) is 5.82 Å². The molecule has 3 atom stereocenters. The lowest BCUT2D eigenvalue weighted by molar-refractivity contribution is -0.151. The molecule has 0 unspecified atom stereocenters. The van der Waals surface area contributed by atoms with Crippen LogP contribution in [0.2, 0.25) is 30.5 Å². The van der Waals surface area contributed by atoms with Gasteiger partial charge in [0.05, 0.1) is 25.2 Å². The van der Waals surface area contributed by atoms with E-state index in [1.807, 2.05) is 6.07 Å². The van der Waals surface area contributed by atoms with E-state index < -0.39 is 38.4 Å². The van der Waals surface area contributed by atoms with Crippen LogP contribution < -0.4 is 4.90 Å². The zero-order valence-corrected chi connectivity index (χ0v) is 23.3. The minimum atomic E-state index is -1.19. The third-order valence-electron chi connectivity index (χ3n) is 7.07. The summed E-state index contributed by atoms with van der Waals surface area (Å²) in [5, 5.41) is 5.36. The molecule has 0 aliphatic carbocycles. The molecule has 4 heterocycles. The van der Waals surface area contributed by atoms with Crippen LogP contribution >= 0.6 is 11.6 Å². The van der Waals surface area contributed by atoms with Gasteiger partial charge < -0.3 is 19.1 Å². The van der Waals surface area contributed by atoms with Crippen molar-refractivity contribution >= 4 is 48.5 Å². The molecular weight excluding hydrogens is 526 g/mol. The maximum absolute atomic E-state index is 12.5. The number of hydrogen-bond acceptors (Lipinski definition) is 9. The Morgan fingerprint density at radius 1 is 1.18 bits per heavy atom. The van der Waals surface area contributed by atoms with Crippen LogP contribution in [-0.4, -0.2) is 71.7 Å². The lowest BCUT2D eigenvalue weighted by Gasteiger charge is -2.36. The monoisotopic (exact) mass is 555 g/mol. The van der Waals surface area contributed by atoms with Gasteiger partial charge in [0, 0.05) is 20.0 Å². The van der Waals surface area contributed by atoms with Crippen molar-refractivity contribution in [1.82, 2.24) is 19.7 Å². The predicted octanol–water partition coefficient (Wildman–Crippen LogP) is 4.25. The Morgan fingerprint density at radius 2 is 1.89 bits per heavy atom. The molecule has 3 aromatic rings. The van der Waals surface area contributed by atoms with E-state index in [9.17, 15) is 9.59 Å². The van der Waals surface area contributed by atoms with Crippen molar-refractivity contribution in [1.29, 1.82) is 0 Å². The van der Waals surface area contributed by atoms with Crippen LogP contribution in [0, 0.1) is 0 Å². The molecule has 38 heavy (non-hydrogen) atoms. The van der Waals surface area contributed by atoms with Crippen molar-refractivity contribution in [3.8, 4) is 0 Å². The molecule has 0 amide bonds. The second kappa shape index (κ2) is 10.5. The summed E-state index contributed by atoms with van der Waals surface area (Å²) in [5.74, 6) is -0.266. The smallest absolute Gasteiger partial charge is 0.338 e. The molecule has 200 valence electrons. The summed E-state index contributed by atoms with van der Waals surface area (Å²) in [7, 11) is -1.19. The largest absolute Gasteiger partial charge is 0.459 e. The summed E-state index contributed by atoms with van der Waals surface area (Å²) in [6, 6.07) is 11.0. The number of anilines is 1. The van der Waals surface area contributed by atoms with Crippen molar-refractivity contribution in [2.24, 2.45) is 0 Å². The lowest BCUT2D eigenvalue weighted by Crippen LogP contribution is -2.43. The van der Waals surface area contributed by atoms with Gasteiger partial charge in [0.2, 0.25) is 5.28 Å². The molecule has 2 fully saturated rings. The molecule has 2 aromatic heterocycles. The topological polar surface area (TPSA) is 109 Å². The first kappa shape index (κ1) is 26.3. The first-order valence-electron chi connectivity index (χ1n) is 12.5. The number of ether oxygens (including phenoxy) is 3. The van der Waals surface area contributed by atoms with Crippen molar-refractivity contribution in [2.75, 3.05) is 24.6 Å². The predicted molar refractivity (Wildman–Crippen MR) is 145 cm³/mol. The van der Waals surface area contributed by atoms with Crippen molar-refractivity contribution in [2.45, 2.75) is 50.5 Å². The summed E-state index contributed by atoms with van der Waals surface area (Å²) in [6.07, 6.45) is -0.786. The molecule has 0 saturated carbocycles. The molecule has 5 rings (SSSR count). The molecule has 10 nitrogen and oxygen atoms in total. The van der Waals surface area contributed by atoms with Gasteiger partial charge in [-0.3, -0.25) is 4.79 Å². The number of aromatic nitrogens is 4. The molecule has 0 radical (unpaired) electrons. The summed E-state index contributed by atoms with van der Waals surface area (Å²) in [5.41, 5.74) is 1.34. The summed E-state index contributed by atoms with van der Waals surface area (Å²) in [4.78, 5) is 35.6. The normalized spacial score (nSPS) is 23.0. The Bertz CT molecular complexity index is 1370. The van der Waals surface area contributed by atoms with Crippen LogP contribution in [0.25, 0.3) is 11.0 Å². The Kier molecular flexibility index (Phi) is 7.25. The summed E-state index contributed by atoms with van der Waals surface area (Å²) < 4.78 is 18.8. The number of carbonyl (C=O) groups excluding carboxylic acids is 2. The van der Waals surface area contributed by atoms with E-state index in [4.69, 9.17) is 25.8 Å². The maximum Gasteiger partial charge on any atom is 0.338 e. The van der Waals surface area contributed by atoms with Gasteiger partial charge in [0.1, 0.15) is 18.5 Å². The van der Waals surface area contributed by atoms with Crippen molar-refractivity contribution < 1.29 is 23.8 Å². The average Bonchev–Trinajstić information content (AvgIpc) is 3.43. The number of nitrogens with zero attached hydrogens (tertiary/aromatic N) is 5.